The van der Waals surface area contributed by atoms with Crippen LogP contribution in [0.2, 0.25) is 0 Å². The summed E-state index contributed by atoms with van der Waals surface area (Å²) >= 11 is 0. The molecule has 21 heavy (non-hydrogen) atoms. The van der Waals surface area contributed by atoms with Gasteiger partial charge in [-0.1, -0.05) is 13.8 Å². The molecule has 2 heterocycles. The predicted molar refractivity (Wildman–Crippen MR) is 87.6 cm³/mol. The molecule has 0 radical (unpaired) electrons. The SMILES string of the molecule is CCC1(CC)CNC(C2CC2)CN1CC1CCC(C)(C)O1. The lowest BCUT2D eigenvalue weighted by Gasteiger charge is -2.50. The molecule has 0 aromatic heterocycles. The average molecular weight is 294 g/mol. The van der Waals surface area contributed by atoms with Crippen LogP contribution >= 0.6 is 0 Å². The van der Waals surface area contributed by atoms with Gasteiger partial charge in [0.1, 0.15) is 0 Å². The van der Waals surface area contributed by atoms with Crippen molar-refractivity contribution in [1.82, 2.24) is 10.2 Å². The van der Waals surface area contributed by atoms with Gasteiger partial charge in [-0.25, -0.2) is 0 Å². The van der Waals surface area contributed by atoms with Crippen LogP contribution in [-0.4, -0.2) is 47.8 Å². The van der Waals surface area contributed by atoms with Crippen molar-refractivity contribution in [2.75, 3.05) is 19.6 Å². The molecule has 2 aliphatic heterocycles. The van der Waals surface area contributed by atoms with Crippen LogP contribution in [0, 0.1) is 5.92 Å². The van der Waals surface area contributed by atoms with Gasteiger partial charge < -0.3 is 10.1 Å². The second kappa shape index (κ2) is 5.82. The molecule has 1 saturated carbocycles. The third-order valence-electron chi connectivity index (χ3n) is 6.27. The number of nitrogens with one attached hydrogen (secondary N) is 1. The molecule has 3 nitrogen and oxygen atoms in total. The van der Waals surface area contributed by atoms with Gasteiger partial charge in [0, 0.05) is 31.2 Å². The van der Waals surface area contributed by atoms with E-state index in [1.807, 2.05) is 0 Å². The number of hydrogen-bond acceptors (Lipinski definition) is 3. The van der Waals surface area contributed by atoms with E-state index in [9.17, 15) is 0 Å². The van der Waals surface area contributed by atoms with E-state index in [1.165, 1.54) is 45.1 Å². The normalized spacial score (nSPS) is 36.0. The van der Waals surface area contributed by atoms with Gasteiger partial charge in [0.2, 0.25) is 0 Å². The van der Waals surface area contributed by atoms with Gasteiger partial charge >= 0.3 is 0 Å². The van der Waals surface area contributed by atoms with Gasteiger partial charge in [0.05, 0.1) is 11.7 Å². The van der Waals surface area contributed by atoms with E-state index in [1.54, 1.807) is 0 Å². The molecule has 2 saturated heterocycles. The maximum atomic E-state index is 6.28. The van der Waals surface area contributed by atoms with Crippen LogP contribution in [0.3, 0.4) is 0 Å². The zero-order valence-corrected chi connectivity index (χ0v) is 14.5. The second-order valence-electron chi connectivity index (χ2n) is 8.20. The summed E-state index contributed by atoms with van der Waals surface area (Å²) in [4.78, 5) is 2.79. The first kappa shape index (κ1) is 15.8. The summed E-state index contributed by atoms with van der Waals surface area (Å²) in [5.41, 5.74) is 0.442. The van der Waals surface area contributed by atoms with Crippen molar-refractivity contribution in [2.45, 2.75) is 89.5 Å². The number of ether oxygens (including phenoxy) is 1. The molecule has 3 heteroatoms. The van der Waals surface area contributed by atoms with Crippen LogP contribution in [0.5, 0.6) is 0 Å². The Kier molecular flexibility index (Phi) is 4.37. The zero-order valence-electron chi connectivity index (χ0n) is 14.5. The minimum atomic E-state index is 0.0929. The highest BCUT2D eigenvalue weighted by molar-refractivity contribution is 5.02. The maximum Gasteiger partial charge on any atom is 0.0710 e. The zero-order chi connectivity index (χ0) is 15.1. The smallest absolute Gasteiger partial charge is 0.0710 e. The summed E-state index contributed by atoms with van der Waals surface area (Å²) in [7, 11) is 0. The van der Waals surface area contributed by atoms with E-state index in [-0.39, 0.29) is 5.60 Å². The molecular weight excluding hydrogens is 260 g/mol. The molecule has 2 unspecified atom stereocenters. The van der Waals surface area contributed by atoms with E-state index in [4.69, 9.17) is 4.74 Å². The third-order valence-corrected chi connectivity index (χ3v) is 6.27. The lowest BCUT2D eigenvalue weighted by molar-refractivity contribution is -0.0587. The molecule has 2 atom stereocenters. The first-order chi connectivity index (χ1) is 9.98. The van der Waals surface area contributed by atoms with Crippen molar-refractivity contribution >= 4 is 0 Å². The minimum absolute atomic E-state index is 0.0929. The fraction of sp³-hybridized carbons (Fsp3) is 1.00. The maximum absolute atomic E-state index is 6.28. The van der Waals surface area contributed by atoms with Crippen molar-refractivity contribution in [1.29, 1.82) is 0 Å². The van der Waals surface area contributed by atoms with E-state index >= 15 is 0 Å². The molecule has 1 N–H and O–H groups in total. The topological polar surface area (TPSA) is 24.5 Å². The highest BCUT2D eigenvalue weighted by atomic mass is 16.5. The van der Waals surface area contributed by atoms with Crippen LogP contribution in [-0.2, 0) is 4.74 Å². The Morgan fingerprint density at radius 2 is 1.86 bits per heavy atom. The molecule has 1 aliphatic carbocycles. The number of nitrogens with zero attached hydrogens (tertiary/aromatic N) is 1. The number of rotatable bonds is 5. The molecule has 3 aliphatic rings. The van der Waals surface area contributed by atoms with Crippen molar-refractivity contribution < 1.29 is 4.74 Å². The summed E-state index contributed by atoms with van der Waals surface area (Å²) in [5.74, 6) is 0.945. The number of piperazine rings is 1. The monoisotopic (exact) mass is 294 g/mol. The lowest BCUT2D eigenvalue weighted by atomic mass is 9.86. The highest BCUT2D eigenvalue weighted by Gasteiger charge is 2.45. The fourth-order valence-corrected chi connectivity index (χ4v) is 4.41. The van der Waals surface area contributed by atoms with Gasteiger partial charge in [-0.15, -0.1) is 0 Å². The van der Waals surface area contributed by atoms with E-state index in [0.29, 0.717) is 11.6 Å². The molecular formula is C18H34N2O. The standard InChI is InChI=1S/C18H34N2O/c1-5-18(6-2)13-19-16(14-7-8-14)12-20(18)11-15-9-10-17(3,4)21-15/h14-16,19H,5-13H2,1-4H3. The molecule has 122 valence electrons. The van der Waals surface area contributed by atoms with Crippen molar-refractivity contribution in [3.05, 3.63) is 0 Å². The van der Waals surface area contributed by atoms with Crippen LogP contribution in [0.15, 0.2) is 0 Å². The predicted octanol–water partition coefficient (Wildman–Crippen LogP) is 3.19. The highest BCUT2D eigenvalue weighted by Crippen LogP contribution is 2.38. The van der Waals surface area contributed by atoms with E-state index in [2.05, 4.69) is 37.9 Å². The Labute approximate surface area is 130 Å². The van der Waals surface area contributed by atoms with E-state index in [0.717, 1.165) is 25.0 Å². The largest absolute Gasteiger partial charge is 0.371 e. The summed E-state index contributed by atoms with van der Waals surface area (Å²) in [6.45, 7) is 12.7. The van der Waals surface area contributed by atoms with Crippen molar-refractivity contribution in [3.8, 4) is 0 Å². The first-order valence-corrected chi connectivity index (χ1v) is 9.14. The average Bonchev–Trinajstić information content (AvgIpc) is 3.24. The van der Waals surface area contributed by atoms with Crippen molar-refractivity contribution in [2.24, 2.45) is 5.92 Å². The van der Waals surface area contributed by atoms with Gasteiger partial charge in [-0.3, -0.25) is 4.90 Å². The Morgan fingerprint density at radius 3 is 2.38 bits per heavy atom. The summed E-state index contributed by atoms with van der Waals surface area (Å²) in [5, 5.41) is 3.86. The van der Waals surface area contributed by atoms with Crippen LogP contribution in [0.25, 0.3) is 0 Å². The Hall–Kier alpha value is -0.120. The van der Waals surface area contributed by atoms with Gasteiger partial charge in [0.25, 0.3) is 0 Å². The molecule has 3 rings (SSSR count). The third kappa shape index (κ3) is 3.30. The molecule has 3 fully saturated rings. The van der Waals surface area contributed by atoms with Gasteiger partial charge in [-0.05, 0) is 58.3 Å². The van der Waals surface area contributed by atoms with Crippen LogP contribution in [0.1, 0.15) is 66.2 Å². The van der Waals surface area contributed by atoms with Crippen LogP contribution < -0.4 is 5.32 Å². The molecule has 0 amide bonds. The molecule has 0 aromatic carbocycles. The summed E-state index contributed by atoms with van der Waals surface area (Å²) < 4.78 is 6.28. The number of hydrogen-bond donors (Lipinski definition) is 1. The van der Waals surface area contributed by atoms with Gasteiger partial charge in [-0.2, -0.15) is 0 Å². The Balaban J connectivity index is 1.67. The second-order valence-corrected chi connectivity index (χ2v) is 8.20. The summed E-state index contributed by atoms with van der Waals surface area (Å²) in [6.07, 6.45) is 8.23. The molecule has 0 bridgehead atoms. The Bertz CT molecular complexity index is 360. The first-order valence-electron chi connectivity index (χ1n) is 9.14. The van der Waals surface area contributed by atoms with Crippen LogP contribution in [0.4, 0.5) is 0 Å². The van der Waals surface area contributed by atoms with E-state index < -0.39 is 0 Å². The minimum Gasteiger partial charge on any atom is -0.371 e. The van der Waals surface area contributed by atoms with Crippen molar-refractivity contribution in [3.63, 3.8) is 0 Å². The van der Waals surface area contributed by atoms with Gasteiger partial charge in [0.15, 0.2) is 0 Å². The lowest BCUT2D eigenvalue weighted by Crippen LogP contribution is -2.65. The molecule has 0 aromatic rings. The Morgan fingerprint density at radius 1 is 1.14 bits per heavy atom. The fourth-order valence-electron chi connectivity index (χ4n) is 4.41. The molecule has 0 spiro atoms. The summed E-state index contributed by atoms with van der Waals surface area (Å²) in [6, 6.07) is 0.727. The quantitative estimate of drug-likeness (QED) is 0.843.